The molecule has 28 heavy (non-hydrogen) atoms. The maximum absolute atomic E-state index is 13.2. The van der Waals surface area contributed by atoms with Gasteiger partial charge in [0.25, 0.3) is 10.0 Å². The van der Waals surface area contributed by atoms with Gasteiger partial charge < -0.3 is 0 Å². The monoisotopic (exact) mass is 461 g/mol. The number of hydrogen-bond donors (Lipinski definition) is 1. The van der Waals surface area contributed by atoms with Crippen LogP contribution in [0.2, 0.25) is 0 Å². The van der Waals surface area contributed by atoms with Crippen LogP contribution in [0.15, 0.2) is 64.1 Å². The molecule has 1 N–H and O–H groups in total. The summed E-state index contributed by atoms with van der Waals surface area (Å²) in [5, 5.41) is 4.61. The first-order valence-electron chi connectivity index (χ1n) is 8.97. The maximum atomic E-state index is 13.2. The fourth-order valence-electron chi connectivity index (χ4n) is 2.89. The Morgan fingerprint density at radius 1 is 1.11 bits per heavy atom. The minimum absolute atomic E-state index is 0.205. The zero-order valence-electron chi connectivity index (χ0n) is 16.4. The molecule has 1 aromatic heterocycles. The van der Waals surface area contributed by atoms with Crippen LogP contribution in [-0.2, 0) is 22.0 Å². The Kier molecular flexibility index (Phi) is 5.68. The van der Waals surface area contributed by atoms with Crippen molar-refractivity contribution in [3.63, 3.8) is 0 Å². The summed E-state index contributed by atoms with van der Waals surface area (Å²) in [4.78, 5) is 0.205. The highest BCUT2D eigenvalue weighted by Crippen LogP contribution is 2.30. The van der Waals surface area contributed by atoms with Crippen LogP contribution in [-0.4, -0.2) is 18.2 Å². The molecule has 148 valence electrons. The molecule has 0 amide bonds. The molecule has 3 rings (SSSR count). The Labute approximate surface area is 175 Å². The molecule has 3 aromatic rings. The molecule has 0 fully saturated rings. The first-order valence-corrected chi connectivity index (χ1v) is 11.2. The molecule has 0 saturated carbocycles. The first-order chi connectivity index (χ1) is 13.1. The van der Waals surface area contributed by atoms with Gasteiger partial charge in [0.2, 0.25) is 0 Å². The number of benzene rings is 2. The third-order valence-corrected chi connectivity index (χ3v) is 6.60. The number of anilines is 1. The predicted molar refractivity (Wildman–Crippen MR) is 116 cm³/mol. The number of rotatable bonds is 5. The lowest BCUT2D eigenvalue weighted by atomic mass is 9.92. The topological polar surface area (TPSA) is 64.0 Å². The average molecular weight is 462 g/mol. The largest absolute Gasteiger partial charge is 0.280 e. The SMILES string of the molecule is Cc1cc(NS(=O)(=O)c2cn(Cc3ccccc3)nc2C(C)(C)C)ccc1Br. The highest BCUT2D eigenvalue weighted by molar-refractivity contribution is 9.10. The van der Waals surface area contributed by atoms with Crippen molar-refractivity contribution in [2.45, 2.75) is 44.6 Å². The number of halogens is 1. The second-order valence-electron chi connectivity index (χ2n) is 7.84. The van der Waals surface area contributed by atoms with Gasteiger partial charge in [-0.1, -0.05) is 67.0 Å². The summed E-state index contributed by atoms with van der Waals surface area (Å²) in [7, 11) is -3.78. The highest BCUT2D eigenvalue weighted by atomic mass is 79.9. The molecule has 0 aliphatic heterocycles. The second kappa shape index (κ2) is 7.72. The number of nitrogens with zero attached hydrogens (tertiary/aromatic N) is 2. The van der Waals surface area contributed by atoms with Crippen LogP contribution in [0.5, 0.6) is 0 Å². The van der Waals surface area contributed by atoms with E-state index in [1.165, 1.54) is 0 Å². The van der Waals surface area contributed by atoms with Gasteiger partial charge in [-0.3, -0.25) is 9.40 Å². The molecule has 7 heteroatoms. The number of aryl methyl sites for hydroxylation is 1. The van der Waals surface area contributed by atoms with E-state index >= 15 is 0 Å². The van der Waals surface area contributed by atoms with Crippen LogP contribution in [0.25, 0.3) is 0 Å². The highest BCUT2D eigenvalue weighted by Gasteiger charge is 2.30. The summed E-state index contributed by atoms with van der Waals surface area (Å²) in [6.45, 7) is 8.32. The smallest absolute Gasteiger partial charge is 0.265 e. The van der Waals surface area contributed by atoms with E-state index in [2.05, 4.69) is 25.8 Å². The third-order valence-electron chi connectivity index (χ3n) is 4.33. The Morgan fingerprint density at radius 3 is 2.39 bits per heavy atom. The van der Waals surface area contributed by atoms with Crippen molar-refractivity contribution in [1.29, 1.82) is 0 Å². The van der Waals surface area contributed by atoms with Gasteiger partial charge in [-0.2, -0.15) is 5.10 Å². The molecule has 0 bridgehead atoms. The molecular weight excluding hydrogens is 438 g/mol. The summed E-state index contributed by atoms with van der Waals surface area (Å²) in [6, 6.07) is 15.2. The van der Waals surface area contributed by atoms with E-state index in [1.807, 2.05) is 64.1 Å². The van der Waals surface area contributed by atoms with Gasteiger partial charge in [0.15, 0.2) is 0 Å². The fourth-order valence-corrected chi connectivity index (χ4v) is 4.54. The molecule has 0 aliphatic rings. The van der Waals surface area contributed by atoms with E-state index < -0.39 is 15.4 Å². The van der Waals surface area contributed by atoms with Crippen molar-refractivity contribution < 1.29 is 8.42 Å². The Hall–Kier alpha value is -2.12. The number of hydrogen-bond acceptors (Lipinski definition) is 3. The quantitative estimate of drug-likeness (QED) is 0.574. The lowest BCUT2D eigenvalue weighted by Crippen LogP contribution is -2.20. The van der Waals surface area contributed by atoms with Crippen LogP contribution in [0.3, 0.4) is 0 Å². The molecule has 0 atom stereocenters. The Balaban J connectivity index is 1.99. The molecule has 0 unspecified atom stereocenters. The van der Waals surface area contributed by atoms with Gasteiger partial charge in [0, 0.05) is 21.8 Å². The van der Waals surface area contributed by atoms with Crippen LogP contribution in [0.1, 0.15) is 37.6 Å². The van der Waals surface area contributed by atoms with Crippen LogP contribution >= 0.6 is 15.9 Å². The zero-order chi connectivity index (χ0) is 20.5. The van der Waals surface area contributed by atoms with Gasteiger partial charge in [-0.15, -0.1) is 0 Å². The summed E-state index contributed by atoms with van der Waals surface area (Å²) in [5.74, 6) is 0. The van der Waals surface area contributed by atoms with Crippen LogP contribution < -0.4 is 4.72 Å². The zero-order valence-corrected chi connectivity index (χ0v) is 18.8. The van der Waals surface area contributed by atoms with Gasteiger partial charge >= 0.3 is 0 Å². The molecule has 0 saturated heterocycles. The average Bonchev–Trinajstić information content (AvgIpc) is 3.04. The van der Waals surface area contributed by atoms with Crippen molar-refractivity contribution in [2.75, 3.05) is 4.72 Å². The standard InChI is InChI=1S/C21H24BrN3O2S/c1-15-12-17(10-11-18(15)22)24-28(26,27)19-14-25(23-20(19)21(2,3)4)13-16-8-6-5-7-9-16/h5-12,14,24H,13H2,1-4H3. The van der Waals surface area contributed by atoms with Gasteiger partial charge in [0.1, 0.15) is 4.90 Å². The Bertz CT molecular complexity index is 1080. The first kappa shape index (κ1) is 20.6. The molecule has 0 spiro atoms. The van der Waals surface area contributed by atoms with E-state index in [0.29, 0.717) is 17.9 Å². The molecule has 0 radical (unpaired) electrons. The molecule has 1 heterocycles. The lowest BCUT2D eigenvalue weighted by Gasteiger charge is -2.18. The van der Waals surface area contributed by atoms with Crippen molar-refractivity contribution in [3.05, 3.63) is 76.0 Å². The third kappa shape index (κ3) is 4.64. The number of sulfonamides is 1. The fraction of sp³-hybridized carbons (Fsp3) is 0.286. The molecular formula is C21H24BrN3O2S. The van der Waals surface area contributed by atoms with E-state index in [4.69, 9.17) is 0 Å². The van der Waals surface area contributed by atoms with Crippen LogP contribution in [0, 0.1) is 6.92 Å². The maximum Gasteiger partial charge on any atom is 0.265 e. The van der Waals surface area contributed by atoms with Crippen molar-refractivity contribution >= 4 is 31.6 Å². The number of aromatic nitrogens is 2. The van der Waals surface area contributed by atoms with Crippen LogP contribution in [0.4, 0.5) is 5.69 Å². The van der Waals surface area contributed by atoms with Crippen molar-refractivity contribution in [3.8, 4) is 0 Å². The molecule has 2 aromatic carbocycles. The second-order valence-corrected chi connectivity index (χ2v) is 10.3. The molecule has 5 nitrogen and oxygen atoms in total. The summed E-state index contributed by atoms with van der Waals surface area (Å²) in [6.07, 6.45) is 1.61. The van der Waals surface area contributed by atoms with Gasteiger partial charge in [-0.05, 0) is 36.2 Å². The van der Waals surface area contributed by atoms with Gasteiger partial charge in [-0.25, -0.2) is 8.42 Å². The van der Waals surface area contributed by atoms with E-state index in [1.54, 1.807) is 23.0 Å². The van der Waals surface area contributed by atoms with E-state index in [-0.39, 0.29) is 4.90 Å². The van der Waals surface area contributed by atoms with Gasteiger partial charge in [0.05, 0.1) is 12.2 Å². The molecule has 0 aliphatic carbocycles. The lowest BCUT2D eigenvalue weighted by molar-refractivity contribution is 0.533. The Morgan fingerprint density at radius 2 is 1.79 bits per heavy atom. The summed E-state index contributed by atoms with van der Waals surface area (Å²) < 4.78 is 31.6. The normalized spacial score (nSPS) is 12.2. The summed E-state index contributed by atoms with van der Waals surface area (Å²) in [5.41, 5.74) is 2.67. The summed E-state index contributed by atoms with van der Waals surface area (Å²) >= 11 is 3.44. The predicted octanol–water partition coefficient (Wildman–Crippen LogP) is 5.10. The van der Waals surface area contributed by atoms with Crippen molar-refractivity contribution in [1.82, 2.24) is 9.78 Å². The minimum Gasteiger partial charge on any atom is -0.280 e. The minimum atomic E-state index is -3.78. The van der Waals surface area contributed by atoms with E-state index in [9.17, 15) is 8.42 Å². The number of nitrogens with one attached hydrogen (secondary N) is 1. The van der Waals surface area contributed by atoms with E-state index in [0.717, 1.165) is 15.6 Å². The van der Waals surface area contributed by atoms with Crippen molar-refractivity contribution in [2.24, 2.45) is 0 Å².